The van der Waals surface area contributed by atoms with Crippen molar-refractivity contribution in [3.05, 3.63) is 103 Å². The Kier molecular flexibility index (Phi) is 7.58. The largest absolute Gasteiger partial charge is 0.497 e. The van der Waals surface area contributed by atoms with Gasteiger partial charge in [-0.3, -0.25) is 4.72 Å². The predicted octanol–water partition coefficient (Wildman–Crippen LogP) is 6.83. The average Bonchev–Trinajstić information content (AvgIpc) is 2.89. The van der Waals surface area contributed by atoms with Crippen LogP contribution in [0.5, 0.6) is 5.75 Å². The van der Waals surface area contributed by atoms with Crippen molar-refractivity contribution in [2.75, 3.05) is 22.5 Å². The van der Waals surface area contributed by atoms with Crippen LogP contribution in [0.2, 0.25) is 0 Å². The van der Waals surface area contributed by atoms with Crippen molar-refractivity contribution in [2.45, 2.75) is 11.1 Å². The fraction of sp³-hybridized carbons (Fsp3) is 0.0741. The summed E-state index contributed by atoms with van der Waals surface area (Å²) in [4.78, 5) is 12.7. The molecule has 0 aliphatic heterocycles. The van der Waals surface area contributed by atoms with Crippen LogP contribution in [0.25, 0.3) is 11.1 Å². The van der Waals surface area contributed by atoms with Crippen molar-refractivity contribution in [2.24, 2.45) is 0 Å². The van der Waals surface area contributed by atoms with E-state index in [1.165, 1.54) is 37.4 Å². The van der Waals surface area contributed by atoms with E-state index in [1.54, 1.807) is 54.6 Å². The van der Waals surface area contributed by atoms with Gasteiger partial charge in [0.15, 0.2) is 0 Å². The van der Waals surface area contributed by atoms with E-state index in [4.69, 9.17) is 4.74 Å². The van der Waals surface area contributed by atoms with Gasteiger partial charge in [0.05, 0.1) is 23.3 Å². The van der Waals surface area contributed by atoms with Gasteiger partial charge in [0.2, 0.25) is 0 Å². The molecule has 196 valence electrons. The molecule has 4 aromatic carbocycles. The molecular formula is C27H22F3N3O4S. The van der Waals surface area contributed by atoms with Gasteiger partial charge < -0.3 is 15.4 Å². The molecule has 4 rings (SSSR count). The summed E-state index contributed by atoms with van der Waals surface area (Å²) >= 11 is 0. The maximum atomic E-state index is 13.1. The van der Waals surface area contributed by atoms with Crippen LogP contribution in [0, 0.1) is 0 Å². The molecule has 0 saturated carbocycles. The Morgan fingerprint density at radius 2 is 1.47 bits per heavy atom. The lowest BCUT2D eigenvalue weighted by Gasteiger charge is -2.16. The summed E-state index contributed by atoms with van der Waals surface area (Å²) in [6, 6.07) is 22.6. The Hall–Kier alpha value is -4.51. The average molecular weight is 542 g/mol. The molecule has 0 heterocycles. The van der Waals surface area contributed by atoms with Crippen LogP contribution in [-0.4, -0.2) is 21.6 Å². The van der Waals surface area contributed by atoms with E-state index in [0.717, 1.165) is 12.1 Å². The Bertz CT molecular complexity index is 1540. The van der Waals surface area contributed by atoms with Crippen molar-refractivity contribution in [3.63, 3.8) is 0 Å². The van der Waals surface area contributed by atoms with Gasteiger partial charge in [-0.2, -0.15) is 13.2 Å². The summed E-state index contributed by atoms with van der Waals surface area (Å²) in [5.41, 5.74) is 0.580. The quantitative estimate of drug-likeness (QED) is 0.239. The Balaban J connectivity index is 1.67. The second-order valence-electron chi connectivity index (χ2n) is 8.07. The molecule has 11 heteroatoms. The summed E-state index contributed by atoms with van der Waals surface area (Å²) in [6.07, 6.45) is -4.58. The molecule has 0 aliphatic rings. The van der Waals surface area contributed by atoms with Gasteiger partial charge in [0.1, 0.15) is 5.75 Å². The van der Waals surface area contributed by atoms with Gasteiger partial charge in [-0.1, -0.05) is 42.5 Å². The molecule has 38 heavy (non-hydrogen) atoms. The van der Waals surface area contributed by atoms with Gasteiger partial charge in [0, 0.05) is 16.9 Å². The van der Waals surface area contributed by atoms with E-state index >= 15 is 0 Å². The highest BCUT2D eigenvalue weighted by Crippen LogP contribution is 2.33. The third-order valence-corrected chi connectivity index (χ3v) is 6.80. The molecule has 0 atom stereocenters. The highest BCUT2D eigenvalue weighted by Gasteiger charge is 2.30. The first kappa shape index (κ1) is 26.6. The van der Waals surface area contributed by atoms with E-state index in [0.29, 0.717) is 22.6 Å². The number of ether oxygens (including phenoxy) is 1. The SMILES string of the molecule is COc1ccc(-c2ccc(S(=O)(=O)Nc3ccccc3)cc2NC(=O)Nc2cccc(C(F)(F)F)c2)cc1. The number of benzene rings is 4. The first-order valence-corrected chi connectivity index (χ1v) is 12.6. The van der Waals surface area contributed by atoms with E-state index in [9.17, 15) is 26.4 Å². The first-order chi connectivity index (χ1) is 18.0. The standard InChI is InChI=1S/C27H22F3N3O4S/c1-37-22-12-10-18(11-13-22)24-15-14-23(38(35,36)33-20-7-3-2-4-8-20)17-25(24)32-26(34)31-21-9-5-6-19(16-21)27(28,29)30/h2-17,33H,1H3,(H2,31,32,34). The van der Waals surface area contributed by atoms with Crippen LogP contribution in [0.4, 0.5) is 35.0 Å². The number of hydrogen-bond acceptors (Lipinski definition) is 4. The number of carbonyl (C=O) groups is 1. The maximum Gasteiger partial charge on any atom is 0.416 e. The van der Waals surface area contributed by atoms with Crippen LogP contribution in [0.15, 0.2) is 102 Å². The number of halogens is 3. The van der Waals surface area contributed by atoms with Gasteiger partial charge >= 0.3 is 12.2 Å². The number of hydrogen-bond donors (Lipinski definition) is 3. The lowest BCUT2D eigenvalue weighted by Crippen LogP contribution is -2.21. The number of alkyl halides is 3. The normalized spacial score (nSPS) is 11.5. The molecule has 0 spiro atoms. The lowest BCUT2D eigenvalue weighted by molar-refractivity contribution is -0.137. The highest BCUT2D eigenvalue weighted by atomic mass is 32.2. The minimum absolute atomic E-state index is 0.0853. The van der Waals surface area contributed by atoms with Crippen molar-refractivity contribution in [1.82, 2.24) is 0 Å². The number of anilines is 3. The molecule has 0 aromatic heterocycles. The number of sulfonamides is 1. The van der Waals surface area contributed by atoms with E-state index in [1.807, 2.05) is 0 Å². The van der Waals surface area contributed by atoms with Crippen LogP contribution in [0.1, 0.15) is 5.56 Å². The van der Waals surface area contributed by atoms with Gasteiger partial charge in [-0.15, -0.1) is 0 Å². The Labute approximate surface area is 217 Å². The monoisotopic (exact) mass is 541 g/mol. The fourth-order valence-electron chi connectivity index (χ4n) is 3.59. The topological polar surface area (TPSA) is 96.5 Å². The first-order valence-electron chi connectivity index (χ1n) is 11.2. The maximum absolute atomic E-state index is 13.1. The molecule has 7 nitrogen and oxygen atoms in total. The number of para-hydroxylation sites is 1. The summed E-state index contributed by atoms with van der Waals surface area (Å²) in [6.45, 7) is 0. The Morgan fingerprint density at radius 3 is 2.13 bits per heavy atom. The number of methoxy groups -OCH3 is 1. The molecule has 0 unspecified atom stereocenters. The minimum Gasteiger partial charge on any atom is -0.497 e. The van der Waals surface area contributed by atoms with Crippen LogP contribution in [0.3, 0.4) is 0 Å². The highest BCUT2D eigenvalue weighted by molar-refractivity contribution is 7.92. The smallest absolute Gasteiger partial charge is 0.416 e. The fourth-order valence-corrected chi connectivity index (χ4v) is 4.68. The summed E-state index contributed by atoms with van der Waals surface area (Å²) in [5, 5.41) is 4.93. The van der Waals surface area contributed by atoms with Crippen molar-refractivity contribution >= 4 is 33.1 Å². The van der Waals surface area contributed by atoms with Crippen LogP contribution >= 0.6 is 0 Å². The number of rotatable bonds is 7. The summed E-state index contributed by atoms with van der Waals surface area (Å²) in [5.74, 6) is 0.594. The van der Waals surface area contributed by atoms with Gasteiger partial charge in [0.25, 0.3) is 10.0 Å². The molecule has 0 bridgehead atoms. The molecule has 4 aromatic rings. The zero-order chi connectivity index (χ0) is 27.3. The van der Waals surface area contributed by atoms with Gasteiger partial charge in [-0.25, -0.2) is 13.2 Å². The molecule has 3 N–H and O–H groups in total. The van der Waals surface area contributed by atoms with Crippen molar-refractivity contribution in [1.29, 1.82) is 0 Å². The van der Waals surface area contributed by atoms with Crippen LogP contribution < -0.4 is 20.1 Å². The van der Waals surface area contributed by atoms with Gasteiger partial charge in [-0.05, 0) is 60.2 Å². The zero-order valence-corrected chi connectivity index (χ0v) is 20.7. The van der Waals surface area contributed by atoms with E-state index in [-0.39, 0.29) is 16.3 Å². The number of nitrogens with one attached hydrogen (secondary N) is 3. The lowest BCUT2D eigenvalue weighted by atomic mass is 10.0. The third-order valence-electron chi connectivity index (χ3n) is 5.42. The molecular weight excluding hydrogens is 519 g/mol. The molecule has 0 aliphatic carbocycles. The molecule has 2 amide bonds. The van der Waals surface area contributed by atoms with E-state index < -0.39 is 27.8 Å². The molecule has 0 fully saturated rings. The Morgan fingerprint density at radius 1 is 0.789 bits per heavy atom. The van der Waals surface area contributed by atoms with Crippen LogP contribution in [-0.2, 0) is 16.2 Å². The number of amides is 2. The van der Waals surface area contributed by atoms with Crippen molar-refractivity contribution in [3.8, 4) is 16.9 Å². The zero-order valence-electron chi connectivity index (χ0n) is 19.9. The second kappa shape index (κ2) is 10.9. The molecule has 0 saturated heterocycles. The van der Waals surface area contributed by atoms with Crippen molar-refractivity contribution < 1.29 is 31.1 Å². The predicted molar refractivity (Wildman–Crippen MR) is 140 cm³/mol. The van der Waals surface area contributed by atoms with E-state index in [2.05, 4.69) is 15.4 Å². The number of carbonyl (C=O) groups excluding carboxylic acids is 1. The third kappa shape index (κ3) is 6.43. The number of urea groups is 1. The summed E-state index contributed by atoms with van der Waals surface area (Å²) < 4.78 is 72.9. The molecule has 0 radical (unpaired) electrons. The second-order valence-corrected chi connectivity index (χ2v) is 9.75. The minimum atomic E-state index is -4.58. The summed E-state index contributed by atoms with van der Waals surface area (Å²) in [7, 11) is -2.52.